The Labute approximate surface area is 71.2 Å². The van der Waals surface area contributed by atoms with Gasteiger partial charge in [-0.3, -0.25) is 4.79 Å². The Morgan fingerprint density at radius 1 is 1.67 bits per heavy atom. The molecule has 0 aliphatic carbocycles. The average Bonchev–Trinajstić information content (AvgIpc) is 2.30. The highest BCUT2D eigenvalue weighted by molar-refractivity contribution is 5.71. The molecular weight excluding hydrogens is 160 g/mol. The number of rotatable bonds is 2. The summed E-state index contributed by atoms with van der Waals surface area (Å²) in [6.45, 7) is 3.34. The largest absolute Gasteiger partial charge is 0.481 e. The highest BCUT2D eigenvalue weighted by atomic mass is 16.5. The third-order valence-corrected chi connectivity index (χ3v) is 2.30. The minimum absolute atomic E-state index is 0.290. The van der Waals surface area contributed by atoms with Crippen molar-refractivity contribution < 1.29 is 19.7 Å². The van der Waals surface area contributed by atoms with Crippen molar-refractivity contribution in [1.82, 2.24) is 0 Å². The van der Waals surface area contributed by atoms with Gasteiger partial charge in [0.25, 0.3) is 0 Å². The minimum atomic E-state index is -0.842. The van der Waals surface area contributed by atoms with E-state index in [2.05, 4.69) is 0 Å². The summed E-state index contributed by atoms with van der Waals surface area (Å²) in [5, 5.41) is 17.9. The number of hydrogen-bond donors (Lipinski definition) is 2. The normalized spacial score (nSPS) is 38.1. The molecule has 4 atom stereocenters. The number of carboxylic acids is 1. The lowest BCUT2D eigenvalue weighted by molar-refractivity contribution is -0.143. The van der Waals surface area contributed by atoms with Gasteiger partial charge in [-0.05, 0) is 20.3 Å². The number of aliphatic hydroxyl groups is 1. The fourth-order valence-corrected chi connectivity index (χ4v) is 1.48. The summed E-state index contributed by atoms with van der Waals surface area (Å²) in [6, 6.07) is 0. The molecule has 1 fully saturated rings. The smallest absolute Gasteiger partial charge is 0.309 e. The van der Waals surface area contributed by atoms with E-state index < -0.39 is 18.0 Å². The number of carboxylic acid groups (broad SMARTS) is 1. The van der Waals surface area contributed by atoms with Crippen molar-refractivity contribution in [3.63, 3.8) is 0 Å². The third-order valence-electron chi connectivity index (χ3n) is 2.30. The molecule has 1 rings (SSSR count). The van der Waals surface area contributed by atoms with Crippen LogP contribution in [-0.4, -0.2) is 34.5 Å². The van der Waals surface area contributed by atoms with Gasteiger partial charge in [0.2, 0.25) is 0 Å². The molecule has 0 bridgehead atoms. The molecule has 70 valence electrons. The maximum atomic E-state index is 10.6. The molecule has 0 amide bonds. The molecule has 0 saturated carbocycles. The standard InChI is InChI=1S/C8H14O4/c1-4(9)7-3-6(8(10)11)5(2)12-7/h4-7,9H,3H2,1-2H3,(H,10,11)/t4-,5+,6+,7-/m1/s1. The first-order chi connectivity index (χ1) is 5.52. The van der Waals surface area contributed by atoms with Crippen molar-refractivity contribution in [1.29, 1.82) is 0 Å². The van der Waals surface area contributed by atoms with Crippen LogP contribution in [-0.2, 0) is 9.53 Å². The van der Waals surface area contributed by atoms with E-state index >= 15 is 0 Å². The zero-order valence-corrected chi connectivity index (χ0v) is 7.23. The summed E-state index contributed by atoms with van der Waals surface area (Å²) in [5.41, 5.74) is 0. The summed E-state index contributed by atoms with van der Waals surface area (Å²) in [7, 11) is 0. The Morgan fingerprint density at radius 3 is 2.50 bits per heavy atom. The van der Waals surface area contributed by atoms with E-state index in [9.17, 15) is 4.79 Å². The molecule has 0 radical (unpaired) electrons. The molecule has 1 heterocycles. The number of ether oxygens (including phenoxy) is 1. The van der Waals surface area contributed by atoms with E-state index in [1.807, 2.05) is 0 Å². The Bertz CT molecular complexity index is 178. The molecule has 0 unspecified atom stereocenters. The van der Waals surface area contributed by atoms with Gasteiger partial charge >= 0.3 is 5.97 Å². The van der Waals surface area contributed by atoms with Gasteiger partial charge in [0.1, 0.15) is 0 Å². The lowest BCUT2D eigenvalue weighted by atomic mass is 9.99. The average molecular weight is 174 g/mol. The van der Waals surface area contributed by atoms with Crippen LogP contribution in [0.4, 0.5) is 0 Å². The second kappa shape index (κ2) is 3.41. The monoisotopic (exact) mass is 174 g/mol. The molecule has 4 heteroatoms. The molecule has 12 heavy (non-hydrogen) atoms. The molecule has 4 nitrogen and oxygen atoms in total. The van der Waals surface area contributed by atoms with Crippen molar-refractivity contribution in [2.75, 3.05) is 0 Å². The Morgan fingerprint density at radius 2 is 2.25 bits per heavy atom. The summed E-state index contributed by atoms with van der Waals surface area (Å²) >= 11 is 0. The lowest BCUT2D eigenvalue weighted by Crippen LogP contribution is -2.22. The van der Waals surface area contributed by atoms with E-state index in [0.29, 0.717) is 6.42 Å². The second-order valence-electron chi connectivity index (χ2n) is 3.30. The van der Waals surface area contributed by atoms with Gasteiger partial charge in [-0.15, -0.1) is 0 Å². The van der Waals surface area contributed by atoms with Crippen molar-refractivity contribution in [3.8, 4) is 0 Å². The van der Waals surface area contributed by atoms with Crippen LogP contribution in [0, 0.1) is 5.92 Å². The summed E-state index contributed by atoms with van der Waals surface area (Å²) < 4.78 is 5.27. The van der Waals surface area contributed by atoms with Crippen molar-refractivity contribution in [2.45, 2.75) is 38.6 Å². The Hall–Kier alpha value is -0.610. The molecule has 1 aliphatic rings. The predicted molar refractivity (Wildman–Crippen MR) is 41.8 cm³/mol. The molecule has 0 aromatic carbocycles. The zero-order chi connectivity index (χ0) is 9.30. The van der Waals surface area contributed by atoms with Gasteiger partial charge in [0.05, 0.1) is 24.2 Å². The van der Waals surface area contributed by atoms with E-state index in [1.165, 1.54) is 0 Å². The van der Waals surface area contributed by atoms with Crippen LogP contribution in [0.15, 0.2) is 0 Å². The summed E-state index contributed by atoms with van der Waals surface area (Å²) in [4.78, 5) is 10.6. The number of carbonyl (C=O) groups is 1. The maximum Gasteiger partial charge on any atom is 0.309 e. The van der Waals surface area contributed by atoms with Gasteiger partial charge in [-0.2, -0.15) is 0 Å². The lowest BCUT2D eigenvalue weighted by Gasteiger charge is -2.12. The van der Waals surface area contributed by atoms with Crippen molar-refractivity contribution in [3.05, 3.63) is 0 Å². The molecular formula is C8H14O4. The minimum Gasteiger partial charge on any atom is -0.481 e. The SMILES string of the molecule is C[C@@H]1O[C@@H]([C@@H](C)O)C[C@@H]1C(=O)O. The highest BCUT2D eigenvalue weighted by Gasteiger charge is 2.38. The van der Waals surface area contributed by atoms with Crippen molar-refractivity contribution in [2.24, 2.45) is 5.92 Å². The topological polar surface area (TPSA) is 66.8 Å². The first kappa shape index (κ1) is 9.48. The fourth-order valence-electron chi connectivity index (χ4n) is 1.48. The van der Waals surface area contributed by atoms with E-state index in [1.54, 1.807) is 13.8 Å². The van der Waals surface area contributed by atoms with Crippen LogP contribution < -0.4 is 0 Å². The van der Waals surface area contributed by atoms with Gasteiger partial charge < -0.3 is 14.9 Å². The van der Waals surface area contributed by atoms with Gasteiger partial charge in [-0.1, -0.05) is 0 Å². The predicted octanol–water partition coefficient (Wildman–Crippen LogP) is 0.245. The fraction of sp³-hybridized carbons (Fsp3) is 0.875. The van der Waals surface area contributed by atoms with Crippen LogP contribution in [0.25, 0.3) is 0 Å². The maximum absolute atomic E-state index is 10.6. The van der Waals surface area contributed by atoms with Crippen molar-refractivity contribution >= 4 is 5.97 Å². The van der Waals surface area contributed by atoms with Crippen LogP contribution in [0.1, 0.15) is 20.3 Å². The van der Waals surface area contributed by atoms with Gasteiger partial charge in [0, 0.05) is 0 Å². The van der Waals surface area contributed by atoms with E-state index in [4.69, 9.17) is 14.9 Å². The molecule has 0 spiro atoms. The first-order valence-corrected chi connectivity index (χ1v) is 4.08. The van der Waals surface area contributed by atoms with Crippen LogP contribution in [0.3, 0.4) is 0 Å². The molecule has 1 saturated heterocycles. The van der Waals surface area contributed by atoms with E-state index in [-0.39, 0.29) is 12.2 Å². The number of aliphatic hydroxyl groups excluding tert-OH is 1. The van der Waals surface area contributed by atoms with Gasteiger partial charge in [0.15, 0.2) is 0 Å². The van der Waals surface area contributed by atoms with E-state index in [0.717, 1.165) is 0 Å². The molecule has 2 N–H and O–H groups in total. The quantitative estimate of drug-likeness (QED) is 0.629. The Kier molecular flexibility index (Phi) is 2.69. The number of hydrogen-bond acceptors (Lipinski definition) is 3. The molecule has 0 aromatic heterocycles. The summed E-state index contributed by atoms with van der Waals surface area (Å²) in [6.07, 6.45) is -0.784. The summed E-state index contributed by atoms with van der Waals surface area (Å²) in [5.74, 6) is -1.31. The molecule has 1 aliphatic heterocycles. The molecule has 0 aromatic rings. The van der Waals surface area contributed by atoms with Crippen LogP contribution in [0.5, 0.6) is 0 Å². The number of aliphatic carboxylic acids is 1. The zero-order valence-electron chi connectivity index (χ0n) is 7.23. The van der Waals surface area contributed by atoms with Gasteiger partial charge in [-0.25, -0.2) is 0 Å². The Balaban J connectivity index is 2.56. The highest BCUT2D eigenvalue weighted by Crippen LogP contribution is 2.28. The first-order valence-electron chi connectivity index (χ1n) is 4.08. The third kappa shape index (κ3) is 1.76. The van der Waals surface area contributed by atoms with Crippen LogP contribution in [0.2, 0.25) is 0 Å². The van der Waals surface area contributed by atoms with Crippen LogP contribution >= 0.6 is 0 Å². The second-order valence-corrected chi connectivity index (χ2v) is 3.30.